The summed E-state index contributed by atoms with van der Waals surface area (Å²) in [6.45, 7) is 3.79. The van der Waals surface area contributed by atoms with Crippen molar-refractivity contribution >= 4 is 27.3 Å². The summed E-state index contributed by atoms with van der Waals surface area (Å²) in [5, 5.41) is 2.70. The van der Waals surface area contributed by atoms with Crippen LogP contribution in [-0.4, -0.2) is 34.2 Å². The van der Waals surface area contributed by atoms with Gasteiger partial charge in [-0.25, -0.2) is 8.42 Å². The molecule has 0 aliphatic heterocycles. The van der Waals surface area contributed by atoms with E-state index in [-0.39, 0.29) is 12.5 Å². The highest BCUT2D eigenvalue weighted by atomic mass is 32.2. The molecule has 0 bridgehead atoms. The maximum atomic E-state index is 12.1. The van der Waals surface area contributed by atoms with E-state index in [9.17, 15) is 13.2 Å². The highest BCUT2D eigenvalue weighted by molar-refractivity contribution is 7.92. The lowest BCUT2D eigenvalue weighted by atomic mass is 10.1. The molecule has 134 valence electrons. The Hall–Kier alpha value is -2.54. The molecule has 0 saturated carbocycles. The molecule has 2 aromatic carbocycles. The van der Waals surface area contributed by atoms with Gasteiger partial charge in [0, 0.05) is 12.7 Å². The monoisotopic (exact) mass is 362 g/mol. The number of nitrogens with one attached hydrogen (secondary N) is 1. The van der Waals surface area contributed by atoms with Crippen LogP contribution >= 0.6 is 0 Å². The molecular weight excluding hydrogens is 340 g/mol. The van der Waals surface area contributed by atoms with Gasteiger partial charge in [-0.05, 0) is 55.3 Å². The van der Waals surface area contributed by atoms with Crippen LogP contribution in [-0.2, 0) is 14.8 Å². The first-order valence-corrected chi connectivity index (χ1v) is 9.55. The van der Waals surface area contributed by atoms with Gasteiger partial charge in [-0.1, -0.05) is 12.1 Å². The molecule has 0 aliphatic rings. The van der Waals surface area contributed by atoms with Crippen molar-refractivity contribution in [3.8, 4) is 5.75 Å². The van der Waals surface area contributed by atoms with Crippen molar-refractivity contribution in [3.05, 3.63) is 53.6 Å². The molecule has 7 heteroatoms. The van der Waals surface area contributed by atoms with Crippen molar-refractivity contribution in [2.24, 2.45) is 0 Å². The zero-order valence-corrected chi connectivity index (χ0v) is 15.6. The smallest absolute Gasteiger partial charge is 0.262 e. The summed E-state index contributed by atoms with van der Waals surface area (Å²) in [5.41, 5.74) is 3.09. The highest BCUT2D eigenvalue weighted by Crippen LogP contribution is 2.20. The van der Waals surface area contributed by atoms with Crippen LogP contribution < -0.4 is 14.4 Å². The van der Waals surface area contributed by atoms with E-state index in [0.29, 0.717) is 17.1 Å². The van der Waals surface area contributed by atoms with Crippen molar-refractivity contribution < 1.29 is 17.9 Å². The summed E-state index contributed by atoms with van der Waals surface area (Å²) in [5.74, 6) is 0.316. The molecule has 0 atom stereocenters. The lowest BCUT2D eigenvalue weighted by Crippen LogP contribution is -2.25. The number of ether oxygens (including phenoxy) is 1. The van der Waals surface area contributed by atoms with Gasteiger partial charge in [0.2, 0.25) is 10.0 Å². The molecule has 1 amide bonds. The predicted molar refractivity (Wildman–Crippen MR) is 99.7 cm³/mol. The predicted octanol–water partition coefficient (Wildman–Crippen LogP) is 2.72. The quantitative estimate of drug-likeness (QED) is 0.857. The zero-order valence-electron chi connectivity index (χ0n) is 14.7. The van der Waals surface area contributed by atoms with Gasteiger partial charge < -0.3 is 10.1 Å². The zero-order chi connectivity index (χ0) is 18.6. The normalized spacial score (nSPS) is 11.0. The second-order valence-electron chi connectivity index (χ2n) is 5.94. The van der Waals surface area contributed by atoms with Crippen molar-refractivity contribution in [2.45, 2.75) is 13.8 Å². The van der Waals surface area contributed by atoms with Gasteiger partial charge in [0.05, 0.1) is 11.9 Å². The Morgan fingerprint density at radius 3 is 2.36 bits per heavy atom. The Labute approximate surface area is 148 Å². The second-order valence-corrected chi connectivity index (χ2v) is 7.95. The number of benzene rings is 2. The summed E-state index contributed by atoms with van der Waals surface area (Å²) in [4.78, 5) is 12.1. The third-order valence-electron chi connectivity index (χ3n) is 3.56. The molecule has 0 spiro atoms. The van der Waals surface area contributed by atoms with E-state index in [2.05, 4.69) is 5.32 Å². The molecule has 0 radical (unpaired) electrons. The number of hydrogen-bond acceptors (Lipinski definition) is 4. The molecular formula is C18H22N2O4S. The number of aryl methyl sites for hydroxylation is 2. The van der Waals surface area contributed by atoms with E-state index < -0.39 is 10.0 Å². The summed E-state index contributed by atoms with van der Waals surface area (Å²) in [6.07, 6.45) is 1.12. The second kappa shape index (κ2) is 7.57. The minimum atomic E-state index is -3.36. The fourth-order valence-corrected chi connectivity index (χ4v) is 2.83. The van der Waals surface area contributed by atoms with Crippen LogP contribution in [0.15, 0.2) is 42.5 Å². The third kappa shape index (κ3) is 5.49. The van der Waals surface area contributed by atoms with Crippen molar-refractivity contribution in [3.63, 3.8) is 0 Å². The van der Waals surface area contributed by atoms with E-state index in [1.54, 1.807) is 24.3 Å². The van der Waals surface area contributed by atoms with Gasteiger partial charge in [0.25, 0.3) is 5.91 Å². The number of sulfonamides is 1. The van der Waals surface area contributed by atoms with Gasteiger partial charge in [0.15, 0.2) is 6.61 Å². The molecule has 2 aromatic rings. The lowest BCUT2D eigenvalue weighted by Gasteiger charge is -2.17. The molecule has 0 fully saturated rings. The van der Waals surface area contributed by atoms with Gasteiger partial charge in [-0.2, -0.15) is 0 Å². The minimum absolute atomic E-state index is 0.130. The van der Waals surface area contributed by atoms with Crippen molar-refractivity contribution in [1.29, 1.82) is 0 Å². The van der Waals surface area contributed by atoms with E-state index in [1.165, 1.54) is 7.05 Å². The fraction of sp³-hybridized carbons (Fsp3) is 0.278. The van der Waals surface area contributed by atoms with Gasteiger partial charge >= 0.3 is 0 Å². The van der Waals surface area contributed by atoms with Crippen LogP contribution in [0.2, 0.25) is 0 Å². The summed E-state index contributed by atoms with van der Waals surface area (Å²) in [6, 6.07) is 12.4. The van der Waals surface area contributed by atoms with Crippen molar-refractivity contribution in [1.82, 2.24) is 0 Å². The molecule has 0 heterocycles. The number of carbonyl (C=O) groups excluding carboxylic acids is 1. The van der Waals surface area contributed by atoms with Crippen LogP contribution in [0, 0.1) is 13.8 Å². The summed E-state index contributed by atoms with van der Waals surface area (Å²) in [7, 11) is -1.90. The SMILES string of the molecule is Cc1cc(C)cc(OCC(=O)Nc2cccc(N(C)S(C)(=O)=O)c2)c1. The Balaban J connectivity index is 2.01. The molecule has 25 heavy (non-hydrogen) atoms. The maximum Gasteiger partial charge on any atom is 0.262 e. The summed E-state index contributed by atoms with van der Waals surface area (Å²) < 4.78 is 29.9. The average Bonchev–Trinajstić information content (AvgIpc) is 2.51. The molecule has 2 rings (SSSR count). The Morgan fingerprint density at radius 1 is 1.12 bits per heavy atom. The lowest BCUT2D eigenvalue weighted by molar-refractivity contribution is -0.118. The van der Waals surface area contributed by atoms with E-state index in [1.807, 2.05) is 32.0 Å². The largest absolute Gasteiger partial charge is 0.484 e. The first-order chi connectivity index (χ1) is 11.6. The van der Waals surface area contributed by atoms with Crippen LogP contribution in [0.25, 0.3) is 0 Å². The Kier molecular flexibility index (Phi) is 5.69. The number of hydrogen-bond donors (Lipinski definition) is 1. The van der Waals surface area contributed by atoms with E-state index in [0.717, 1.165) is 21.7 Å². The van der Waals surface area contributed by atoms with Crippen LogP contribution in [0.3, 0.4) is 0 Å². The number of rotatable bonds is 6. The van der Waals surface area contributed by atoms with Gasteiger partial charge in [-0.3, -0.25) is 9.10 Å². The van der Waals surface area contributed by atoms with E-state index >= 15 is 0 Å². The number of carbonyl (C=O) groups is 1. The Morgan fingerprint density at radius 2 is 1.76 bits per heavy atom. The molecule has 0 unspecified atom stereocenters. The van der Waals surface area contributed by atoms with Gasteiger partial charge in [0.1, 0.15) is 5.75 Å². The fourth-order valence-electron chi connectivity index (χ4n) is 2.33. The number of amides is 1. The minimum Gasteiger partial charge on any atom is -0.484 e. The maximum absolute atomic E-state index is 12.1. The van der Waals surface area contributed by atoms with Crippen LogP contribution in [0.5, 0.6) is 5.75 Å². The highest BCUT2D eigenvalue weighted by Gasteiger charge is 2.13. The van der Waals surface area contributed by atoms with Crippen LogP contribution in [0.1, 0.15) is 11.1 Å². The average molecular weight is 362 g/mol. The first-order valence-electron chi connectivity index (χ1n) is 7.70. The van der Waals surface area contributed by atoms with E-state index in [4.69, 9.17) is 4.74 Å². The molecule has 0 saturated heterocycles. The molecule has 0 aliphatic carbocycles. The molecule has 0 aromatic heterocycles. The number of anilines is 2. The summed E-state index contributed by atoms with van der Waals surface area (Å²) >= 11 is 0. The molecule has 1 N–H and O–H groups in total. The molecule has 6 nitrogen and oxygen atoms in total. The standard InChI is InChI=1S/C18H22N2O4S/c1-13-8-14(2)10-17(9-13)24-12-18(21)19-15-6-5-7-16(11-15)20(3)25(4,22)23/h5-11H,12H2,1-4H3,(H,19,21). The Bertz CT molecular complexity index is 858. The van der Waals surface area contributed by atoms with Crippen molar-refractivity contribution in [2.75, 3.05) is 29.5 Å². The third-order valence-corrected chi connectivity index (χ3v) is 4.76. The van der Waals surface area contributed by atoms with Gasteiger partial charge in [-0.15, -0.1) is 0 Å². The first kappa shape index (κ1) is 18.8. The number of nitrogens with zero attached hydrogens (tertiary/aromatic N) is 1. The van der Waals surface area contributed by atoms with Crippen LogP contribution in [0.4, 0.5) is 11.4 Å². The topological polar surface area (TPSA) is 75.7 Å².